The van der Waals surface area contributed by atoms with E-state index in [4.69, 9.17) is 4.74 Å². The Morgan fingerprint density at radius 2 is 2.10 bits per heavy atom. The molecule has 0 aliphatic rings. The van der Waals surface area contributed by atoms with Crippen LogP contribution < -0.4 is 10.1 Å². The zero-order valence-electron chi connectivity index (χ0n) is 11.6. The third-order valence-electron chi connectivity index (χ3n) is 2.56. The Balaban J connectivity index is 2.37. The fourth-order valence-corrected chi connectivity index (χ4v) is 1.61. The van der Waals surface area contributed by atoms with Gasteiger partial charge < -0.3 is 14.8 Å². The van der Waals surface area contributed by atoms with E-state index in [1.165, 1.54) is 13.2 Å². The van der Waals surface area contributed by atoms with Gasteiger partial charge in [0.2, 0.25) is 5.91 Å². The number of rotatable bonds is 7. The van der Waals surface area contributed by atoms with E-state index in [0.717, 1.165) is 5.56 Å². The second-order valence-electron chi connectivity index (χ2n) is 4.05. The predicted molar refractivity (Wildman–Crippen MR) is 70.9 cm³/mol. The van der Waals surface area contributed by atoms with Crippen molar-refractivity contribution in [1.82, 2.24) is 5.32 Å². The lowest BCUT2D eigenvalue weighted by Gasteiger charge is -2.07. The highest BCUT2D eigenvalue weighted by Gasteiger charge is 2.09. The minimum atomic E-state index is -0.548. The molecule has 0 bridgehead atoms. The lowest BCUT2D eigenvalue weighted by Crippen LogP contribution is -2.28. The van der Waals surface area contributed by atoms with Crippen LogP contribution in [0.2, 0.25) is 0 Å². The normalized spacial score (nSPS) is 9.95. The Kier molecular flexibility index (Phi) is 6.49. The molecule has 6 heteroatoms. The Morgan fingerprint density at radius 3 is 2.75 bits per heavy atom. The second kappa shape index (κ2) is 8.14. The van der Waals surface area contributed by atoms with Crippen LogP contribution in [0.15, 0.2) is 18.2 Å². The van der Waals surface area contributed by atoms with Crippen LogP contribution in [0.4, 0.5) is 4.39 Å². The van der Waals surface area contributed by atoms with E-state index in [-0.39, 0.29) is 18.8 Å². The molecule has 1 amide bonds. The number of carbonyl (C=O) groups is 2. The van der Waals surface area contributed by atoms with E-state index in [1.807, 2.05) is 0 Å². The molecule has 0 aromatic heterocycles. The summed E-state index contributed by atoms with van der Waals surface area (Å²) in [7, 11) is 1.39. The van der Waals surface area contributed by atoms with Crippen LogP contribution in [0.1, 0.15) is 18.9 Å². The first-order valence-corrected chi connectivity index (χ1v) is 6.31. The van der Waals surface area contributed by atoms with Crippen molar-refractivity contribution in [2.24, 2.45) is 0 Å². The molecule has 1 aromatic carbocycles. The molecular weight excluding hydrogens is 265 g/mol. The molecule has 0 spiro atoms. The number of methoxy groups -OCH3 is 1. The molecule has 0 saturated carbocycles. The maximum Gasteiger partial charge on any atom is 0.315 e. The summed E-state index contributed by atoms with van der Waals surface area (Å²) in [4.78, 5) is 22.5. The van der Waals surface area contributed by atoms with Gasteiger partial charge in [0.05, 0.1) is 13.7 Å². The molecule has 0 fully saturated rings. The van der Waals surface area contributed by atoms with E-state index >= 15 is 0 Å². The number of amides is 1. The van der Waals surface area contributed by atoms with Crippen LogP contribution in [0.3, 0.4) is 0 Å². The minimum absolute atomic E-state index is 0.167. The van der Waals surface area contributed by atoms with Crippen LogP contribution in [0.25, 0.3) is 0 Å². The van der Waals surface area contributed by atoms with E-state index in [0.29, 0.717) is 13.0 Å². The van der Waals surface area contributed by atoms with Gasteiger partial charge in [-0.3, -0.25) is 9.59 Å². The summed E-state index contributed by atoms with van der Waals surface area (Å²) in [5, 5.41) is 2.60. The Bertz CT molecular complexity index is 476. The molecule has 0 aliphatic carbocycles. The molecule has 0 aliphatic heterocycles. The number of nitrogens with one attached hydrogen (secondary N) is 1. The highest BCUT2D eigenvalue weighted by Crippen LogP contribution is 2.18. The third-order valence-corrected chi connectivity index (χ3v) is 2.56. The number of halogens is 1. The fourth-order valence-electron chi connectivity index (χ4n) is 1.61. The van der Waals surface area contributed by atoms with E-state index in [2.05, 4.69) is 10.1 Å². The van der Waals surface area contributed by atoms with Crippen LogP contribution in [0.5, 0.6) is 5.75 Å². The monoisotopic (exact) mass is 283 g/mol. The summed E-state index contributed by atoms with van der Waals surface area (Å²) in [5.74, 6) is -1.20. The maximum absolute atomic E-state index is 13.2. The van der Waals surface area contributed by atoms with Crippen molar-refractivity contribution < 1.29 is 23.5 Å². The van der Waals surface area contributed by atoms with Crippen LogP contribution in [0, 0.1) is 5.82 Å². The largest absolute Gasteiger partial charge is 0.494 e. The van der Waals surface area contributed by atoms with Gasteiger partial charge >= 0.3 is 5.97 Å². The Hall–Kier alpha value is -2.11. The van der Waals surface area contributed by atoms with Gasteiger partial charge in [0.15, 0.2) is 11.6 Å². The number of esters is 1. The first kappa shape index (κ1) is 15.9. The lowest BCUT2D eigenvalue weighted by molar-refractivity contribution is -0.145. The van der Waals surface area contributed by atoms with Crippen molar-refractivity contribution in [3.8, 4) is 5.75 Å². The molecule has 20 heavy (non-hydrogen) atoms. The molecule has 1 aromatic rings. The topological polar surface area (TPSA) is 64.6 Å². The second-order valence-corrected chi connectivity index (χ2v) is 4.05. The molecule has 110 valence electrons. The first-order chi connectivity index (χ1) is 9.56. The highest BCUT2D eigenvalue weighted by molar-refractivity contribution is 5.94. The predicted octanol–water partition coefficient (Wildman–Crippen LogP) is 1.45. The SMILES string of the molecule is CCOC(=O)CC(=O)NCCc1ccc(F)c(OC)c1. The van der Waals surface area contributed by atoms with E-state index < -0.39 is 17.7 Å². The van der Waals surface area contributed by atoms with E-state index in [9.17, 15) is 14.0 Å². The zero-order valence-corrected chi connectivity index (χ0v) is 11.6. The quantitative estimate of drug-likeness (QED) is 0.607. The van der Waals surface area contributed by atoms with Gasteiger partial charge in [-0.05, 0) is 31.0 Å². The van der Waals surface area contributed by atoms with Gasteiger partial charge in [-0.2, -0.15) is 0 Å². The molecule has 0 atom stereocenters. The molecule has 5 nitrogen and oxygen atoms in total. The maximum atomic E-state index is 13.2. The lowest BCUT2D eigenvalue weighted by atomic mass is 10.1. The van der Waals surface area contributed by atoms with Gasteiger partial charge in [0.1, 0.15) is 6.42 Å². The van der Waals surface area contributed by atoms with Crippen LogP contribution in [-0.4, -0.2) is 32.1 Å². The van der Waals surface area contributed by atoms with Crippen molar-refractivity contribution in [3.05, 3.63) is 29.6 Å². The van der Waals surface area contributed by atoms with E-state index in [1.54, 1.807) is 19.1 Å². The summed E-state index contributed by atoms with van der Waals surface area (Å²) in [5.41, 5.74) is 0.833. The van der Waals surface area contributed by atoms with Gasteiger partial charge in [0.25, 0.3) is 0 Å². The smallest absolute Gasteiger partial charge is 0.315 e. The summed E-state index contributed by atoms with van der Waals surface area (Å²) in [6.07, 6.45) is 0.228. The fraction of sp³-hybridized carbons (Fsp3) is 0.429. The Labute approximate surface area is 117 Å². The van der Waals surface area contributed by atoms with Gasteiger partial charge in [-0.25, -0.2) is 4.39 Å². The van der Waals surface area contributed by atoms with Gasteiger partial charge in [-0.1, -0.05) is 6.07 Å². The summed E-state index contributed by atoms with van der Waals surface area (Å²) >= 11 is 0. The number of ether oxygens (including phenoxy) is 2. The average Bonchev–Trinajstić information content (AvgIpc) is 2.40. The number of hydrogen-bond acceptors (Lipinski definition) is 4. The van der Waals surface area contributed by atoms with Crippen LogP contribution >= 0.6 is 0 Å². The summed E-state index contributed by atoms with van der Waals surface area (Å²) < 4.78 is 22.7. The first-order valence-electron chi connectivity index (χ1n) is 6.31. The Morgan fingerprint density at radius 1 is 1.35 bits per heavy atom. The van der Waals surface area contributed by atoms with Crippen molar-refractivity contribution in [3.63, 3.8) is 0 Å². The van der Waals surface area contributed by atoms with Crippen molar-refractivity contribution in [1.29, 1.82) is 0 Å². The minimum Gasteiger partial charge on any atom is -0.494 e. The molecular formula is C14H18FNO4. The van der Waals surface area contributed by atoms with Gasteiger partial charge in [0, 0.05) is 6.54 Å². The zero-order chi connectivity index (χ0) is 15.0. The number of hydrogen-bond donors (Lipinski definition) is 1. The highest BCUT2D eigenvalue weighted by atomic mass is 19.1. The number of carbonyl (C=O) groups excluding carboxylic acids is 2. The third kappa shape index (κ3) is 5.26. The summed E-state index contributed by atoms with van der Waals surface area (Å²) in [6, 6.07) is 4.51. The average molecular weight is 283 g/mol. The van der Waals surface area contributed by atoms with Crippen molar-refractivity contribution >= 4 is 11.9 Å². The molecule has 0 radical (unpaired) electrons. The number of benzene rings is 1. The standard InChI is InChI=1S/C14H18FNO4/c1-3-20-14(18)9-13(17)16-7-6-10-4-5-11(15)12(8-10)19-2/h4-5,8H,3,6-7,9H2,1-2H3,(H,16,17). The van der Waals surface area contributed by atoms with Gasteiger partial charge in [-0.15, -0.1) is 0 Å². The summed E-state index contributed by atoms with van der Waals surface area (Å²) in [6.45, 7) is 2.28. The van der Waals surface area contributed by atoms with Crippen molar-refractivity contribution in [2.75, 3.05) is 20.3 Å². The molecule has 0 heterocycles. The van der Waals surface area contributed by atoms with Crippen LogP contribution in [-0.2, 0) is 20.7 Å². The molecule has 1 N–H and O–H groups in total. The molecule has 0 saturated heterocycles. The van der Waals surface area contributed by atoms with Crippen molar-refractivity contribution in [2.45, 2.75) is 19.8 Å². The molecule has 1 rings (SSSR count). The molecule has 0 unspecified atom stereocenters.